The average Bonchev–Trinajstić information content (AvgIpc) is 2.77. The smallest absolute Gasteiger partial charge is 0.271 e. The molecular weight excluding hydrogens is 320 g/mol. The molecule has 0 atom stereocenters. The highest BCUT2D eigenvalue weighted by molar-refractivity contribution is 8.19. The second-order valence-electron chi connectivity index (χ2n) is 4.59. The van der Waals surface area contributed by atoms with Crippen LogP contribution in [0, 0.1) is 5.41 Å². The number of carbonyl (C=O) groups excluding carboxylic acids is 1. The topological polar surface area (TPSA) is 64.4 Å². The van der Waals surface area contributed by atoms with Crippen molar-refractivity contribution in [3.63, 3.8) is 0 Å². The molecule has 0 unspecified atom stereocenters. The second-order valence-corrected chi connectivity index (χ2v) is 6.06. The quantitative estimate of drug-likeness (QED) is 0.815. The van der Waals surface area contributed by atoms with Gasteiger partial charge in [0, 0.05) is 10.6 Å². The Hall–Kier alpha value is -2.24. The molecule has 0 radical (unpaired) electrons. The lowest BCUT2D eigenvalue weighted by Crippen LogP contribution is -2.27. The van der Waals surface area contributed by atoms with Crippen LogP contribution >= 0.6 is 23.4 Å². The van der Waals surface area contributed by atoms with Crippen molar-refractivity contribution >= 4 is 46.2 Å². The SMILES string of the molecule is N=C1S/C(=C\c2ccccc2O)C(=O)N1c1ccc(Cl)cc1. The summed E-state index contributed by atoms with van der Waals surface area (Å²) in [5, 5.41) is 18.5. The van der Waals surface area contributed by atoms with Gasteiger partial charge in [-0.3, -0.25) is 15.1 Å². The Bertz CT molecular complexity index is 787. The number of phenolic OH excluding ortho intramolecular Hbond substituents is 1. The third-order valence-electron chi connectivity index (χ3n) is 3.13. The van der Waals surface area contributed by atoms with Crippen LogP contribution in [0.2, 0.25) is 5.02 Å². The number of nitrogens with zero attached hydrogens (tertiary/aromatic N) is 1. The Morgan fingerprint density at radius 1 is 1.14 bits per heavy atom. The molecule has 0 aromatic heterocycles. The Morgan fingerprint density at radius 3 is 2.50 bits per heavy atom. The van der Waals surface area contributed by atoms with Gasteiger partial charge >= 0.3 is 0 Å². The zero-order valence-electron chi connectivity index (χ0n) is 11.3. The van der Waals surface area contributed by atoms with Gasteiger partial charge in [0.2, 0.25) is 0 Å². The lowest BCUT2D eigenvalue weighted by Gasteiger charge is -2.14. The largest absolute Gasteiger partial charge is 0.507 e. The number of phenols is 1. The molecule has 3 rings (SSSR count). The van der Waals surface area contributed by atoms with Crippen molar-refractivity contribution in [2.24, 2.45) is 0 Å². The molecule has 2 aromatic carbocycles. The van der Waals surface area contributed by atoms with E-state index in [9.17, 15) is 9.90 Å². The van der Waals surface area contributed by atoms with Crippen molar-refractivity contribution in [3.8, 4) is 5.75 Å². The van der Waals surface area contributed by atoms with Crippen LogP contribution in [0.1, 0.15) is 5.56 Å². The first kappa shape index (κ1) is 14.7. The van der Waals surface area contributed by atoms with Gasteiger partial charge in [0.15, 0.2) is 5.17 Å². The number of amides is 1. The molecule has 1 heterocycles. The molecule has 1 aliphatic rings. The minimum atomic E-state index is -0.291. The van der Waals surface area contributed by atoms with Gasteiger partial charge in [-0.05, 0) is 48.2 Å². The van der Waals surface area contributed by atoms with Crippen LogP contribution < -0.4 is 4.90 Å². The summed E-state index contributed by atoms with van der Waals surface area (Å²) in [6.45, 7) is 0. The number of hydrogen-bond donors (Lipinski definition) is 2. The number of hydrogen-bond acceptors (Lipinski definition) is 4. The molecule has 2 aromatic rings. The van der Waals surface area contributed by atoms with E-state index in [0.717, 1.165) is 11.8 Å². The molecule has 1 fully saturated rings. The fraction of sp³-hybridized carbons (Fsp3) is 0. The van der Waals surface area contributed by atoms with Crippen LogP contribution in [0.15, 0.2) is 53.4 Å². The number of para-hydroxylation sites is 1. The van der Waals surface area contributed by atoms with Gasteiger partial charge in [0.05, 0.1) is 10.6 Å². The minimum Gasteiger partial charge on any atom is -0.507 e. The van der Waals surface area contributed by atoms with Crippen LogP contribution in [0.5, 0.6) is 5.75 Å². The van der Waals surface area contributed by atoms with Gasteiger partial charge in [-0.1, -0.05) is 29.8 Å². The molecular formula is C16H11ClN2O2S. The number of benzene rings is 2. The summed E-state index contributed by atoms with van der Waals surface area (Å²) in [5.41, 5.74) is 1.14. The number of rotatable bonds is 2. The minimum absolute atomic E-state index is 0.0971. The van der Waals surface area contributed by atoms with E-state index >= 15 is 0 Å². The maximum atomic E-state index is 12.5. The summed E-state index contributed by atoms with van der Waals surface area (Å²) in [7, 11) is 0. The maximum Gasteiger partial charge on any atom is 0.271 e. The zero-order valence-corrected chi connectivity index (χ0v) is 12.9. The molecule has 0 aliphatic carbocycles. The molecule has 6 heteroatoms. The van der Waals surface area contributed by atoms with E-state index in [1.165, 1.54) is 4.90 Å². The highest BCUT2D eigenvalue weighted by atomic mass is 35.5. The average molecular weight is 331 g/mol. The van der Waals surface area contributed by atoms with Gasteiger partial charge in [0.25, 0.3) is 5.91 Å². The summed E-state index contributed by atoms with van der Waals surface area (Å²) < 4.78 is 0. The Kier molecular flexibility index (Phi) is 3.92. The molecule has 110 valence electrons. The molecule has 22 heavy (non-hydrogen) atoms. The van der Waals surface area contributed by atoms with Gasteiger partial charge in [-0.15, -0.1) is 0 Å². The standard InChI is InChI=1S/C16H11ClN2O2S/c17-11-5-7-12(8-6-11)19-15(21)14(22-16(19)18)9-10-3-1-2-4-13(10)20/h1-9,18,20H/b14-9-,18-16?. The van der Waals surface area contributed by atoms with Crippen molar-refractivity contribution in [3.05, 3.63) is 64.0 Å². The van der Waals surface area contributed by atoms with E-state index < -0.39 is 0 Å². The van der Waals surface area contributed by atoms with Gasteiger partial charge < -0.3 is 5.11 Å². The van der Waals surface area contributed by atoms with Gasteiger partial charge in [-0.25, -0.2) is 0 Å². The molecule has 1 saturated heterocycles. The normalized spacial score (nSPS) is 16.6. The van der Waals surface area contributed by atoms with Crippen LogP contribution in [0.3, 0.4) is 0 Å². The molecule has 0 saturated carbocycles. The Morgan fingerprint density at radius 2 is 1.82 bits per heavy atom. The van der Waals surface area contributed by atoms with Crippen LogP contribution in [-0.2, 0) is 4.79 Å². The summed E-state index contributed by atoms with van der Waals surface area (Å²) in [5.74, 6) is -0.194. The molecule has 2 N–H and O–H groups in total. The van der Waals surface area contributed by atoms with Crippen LogP contribution in [0.25, 0.3) is 6.08 Å². The van der Waals surface area contributed by atoms with Crippen molar-refractivity contribution in [2.45, 2.75) is 0 Å². The zero-order chi connectivity index (χ0) is 15.7. The number of aromatic hydroxyl groups is 1. The highest BCUT2D eigenvalue weighted by Crippen LogP contribution is 2.36. The number of amidine groups is 1. The highest BCUT2D eigenvalue weighted by Gasteiger charge is 2.33. The van der Waals surface area contributed by atoms with Gasteiger partial charge in [-0.2, -0.15) is 0 Å². The van der Waals surface area contributed by atoms with Gasteiger partial charge in [0.1, 0.15) is 5.75 Å². The first-order valence-electron chi connectivity index (χ1n) is 6.42. The predicted molar refractivity (Wildman–Crippen MR) is 90.3 cm³/mol. The van der Waals surface area contributed by atoms with Crippen molar-refractivity contribution in [1.82, 2.24) is 0 Å². The molecule has 1 amide bonds. The lowest BCUT2D eigenvalue weighted by atomic mass is 10.2. The molecule has 0 bridgehead atoms. The van der Waals surface area contributed by atoms with E-state index in [1.54, 1.807) is 54.6 Å². The number of thioether (sulfide) groups is 1. The number of halogens is 1. The van der Waals surface area contributed by atoms with Crippen LogP contribution in [0.4, 0.5) is 5.69 Å². The summed E-state index contributed by atoms with van der Waals surface area (Å²) in [4.78, 5) is 14.2. The van der Waals surface area contributed by atoms with Crippen molar-refractivity contribution < 1.29 is 9.90 Å². The predicted octanol–water partition coefficient (Wildman–Crippen LogP) is 4.10. The lowest BCUT2D eigenvalue weighted by molar-refractivity contribution is -0.113. The third-order valence-corrected chi connectivity index (χ3v) is 4.27. The molecule has 1 aliphatic heterocycles. The third kappa shape index (κ3) is 2.73. The van der Waals surface area contributed by atoms with E-state index in [-0.39, 0.29) is 16.8 Å². The Balaban J connectivity index is 1.95. The summed E-state index contributed by atoms with van der Waals surface area (Å²) in [6, 6.07) is 13.5. The van der Waals surface area contributed by atoms with Crippen molar-refractivity contribution in [2.75, 3.05) is 4.90 Å². The second kappa shape index (κ2) is 5.87. The molecule has 4 nitrogen and oxygen atoms in total. The summed E-state index contributed by atoms with van der Waals surface area (Å²) >= 11 is 6.90. The first-order valence-corrected chi connectivity index (χ1v) is 7.62. The maximum absolute atomic E-state index is 12.5. The molecule has 0 spiro atoms. The van der Waals surface area contributed by atoms with Crippen molar-refractivity contribution in [1.29, 1.82) is 5.41 Å². The Labute approximate surface area is 136 Å². The number of carbonyl (C=O) groups is 1. The van der Waals surface area contributed by atoms with E-state index in [0.29, 0.717) is 21.2 Å². The number of anilines is 1. The summed E-state index contributed by atoms with van der Waals surface area (Å²) in [6.07, 6.45) is 1.59. The van der Waals surface area contributed by atoms with E-state index in [1.807, 2.05) is 0 Å². The number of nitrogens with one attached hydrogen (secondary N) is 1. The first-order chi connectivity index (χ1) is 10.6. The van der Waals surface area contributed by atoms with Crippen LogP contribution in [-0.4, -0.2) is 16.2 Å². The fourth-order valence-electron chi connectivity index (χ4n) is 2.06. The van der Waals surface area contributed by atoms with E-state index in [2.05, 4.69) is 0 Å². The monoisotopic (exact) mass is 330 g/mol. The fourth-order valence-corrected chi connectivity index (χ4v) is 3.04. The van der Waals surface area contributed by atoms with E-state index in [4.69, 9.17) is 17.0 Å².